The standard InChI is InChI=1S/C20H32O2/c1-15-7-6-8-16(2)10-12-18-20(5,22-18)14-13-17(11-9-15)19(3,4)21/h8-9,11,18,21H,6-7,10,12-14H2,1-5H3/b15-9+,16-8+,17-11+/t18-,20-/m1/s1. The third-order valence-electron chi connectivity index (χ3n) is 5.11. The number of allylic oxidation sites excluding steroid dienone is 5. The molecule has 0 aromatic carbocycles. The van der Waals surface area contributed by atoms with Gasteiger partial charge in [0.1, 0.15) is 0 Å². The first-order chi connectivity index (χ1) is 10.2. The van der Waals surface area contributed by atoms with Crippen LogP contribution in [0.5, 0.6) is 0 Å². The van der Waals surface area contributed by atoms with Gasteiger partial charge >= 0.3 is 0 Å². The Bertz CT molecular complexity index is 490. The second-order valence-corrected chi connectivity index (χ2v) is 7.81. The number of hydrogen-bond donors (Lipinski definition) is 1. The smallest absolute Gasteiger partial charge is 0.0923 e. The lowest BCUT2D eigenvalue weighted by molar-refractivity contribution is 0.114. The zero-order chi connectivity index (χ0) is 16.4. The van der Waals surface area contributed by atoms with Crippen molar-refractivity contribution in [3.05, 3.63) is 34.9 Å². The minimum Gasteiger partial charge on any atom is -0.386 e. The predicted molar refractivity (Wildman–Crippen MR) is 92.9 cm³/mol. The molecule has 124 valence electrons. The van der Waals surface area contributed by atoms with E-state index in [-0.39, 0.29) is 5.60 Å². The van der Waals surface area contributed by atoms with E-state index in [0.29, 0.717) is 6.10 Å². The molecule has 1 fully saturated rings. The molecule has 2 rings (SSSR count). The fourth-order valence-corrected chi connectivity index (χ4v) is 3.18. The zero-order valence-electron chi connectivity index (χ0n) is 14.9. The van der Waals surface area contributed by atoms with Gasteiger partial charge in [0, 0.05) is 0 Å². The summed E-state index contributed by atoms with van der Waals surface area (Å²) in [5, 5.41) is 10.4. The second-order valence-electron chi connectivity index (χ2n) is 7.81. The van der Waals surface area contributed by atoms with Crippen LogP contribution in [0, 0.1) is 0 Å². The largest absolute Gasteiger partial charge is 0.386 e. The maximum Gasteiger partial charge on any atom is 0.0923 e. The van der Waals surface area contributed by atoms with E-state index >= 15 is 0 Å². The first-order valence-electron chi connectivity index (χ1n) is 8.63. The second kappa shape index (κ2) is 6.72. The Labute approximate surface area is 136 Å². The van der Waals surface area contributed by atoms with Crippen LogP contribution in [0.25, 0.3) is 0 Å². The quantitative estimate of drug-likeness (QED) is 0.541. The van der Waals surface area contributed by atoms with Crippen LogP contribution in [0.3, 0.4) is 0 Å². The lowest BCUT2D eigenvalue weighted by atomic mass is 9.88. The first kappa shape index (κ1) is 17.5. The molecule has 2 atom stereocenters. The number of hydrogen-bond acceptors (Lipinski definition) is 2. The zero-order valence-corrected chi connectivity index (χ0v) is 14.9. The van der Waals surface area contributed by atoms with E-state index in [1.165, 1.54) is 11.1 Å². The summed E-state index contributed by atoms with van der Waals surface area (Å²) < 4.78 is 5.96. The Morgan fingerprint density at radius 2 is 1.86 bits per heavy atom. The Morgan fingerprint density at radius 3 is 2.55 bits per heavy atom. The van der Waals surface area contributed by atoms with E-state index in [0.717, 1.165) is 44.1 Å². The van der Waals surface area contributed by atoms with Crippen molar-refractivity contribution in [3.63, 3.8) is 0 Å². The fraction of sp³-hybridized carbons (Fsp3) is 0.700. The lowest BCUT2D eigenvalue weighted by Crippen LogP contribution is -2.23. The summed E-state index contributed by atoms with van der Waals surface area (Å²) in [6.07, 6.45) is 13.4. The molecule has 0 bridgehead atoms. The molecule has 1 heterocycles. The minimum absolute atomic E-state index is 0.00744. The average molecular weight is 304 g/mol. The molecule has 1 saturated heterocycles. The summed E-state index contributed by atoms with van der Waals surface area (Å²) in [7, 11) is 0. The number of fused-ring (bicyclic) bond motifs is 1. The molecule has 2 aliphatic rings. The van der Waals surface area contributed by atoms with E-state index in [9.17, 15) is 5.11 Å². The van der Waals surface area contributed by atoms with Gasteiger partial charge in [-0.15, -0.1) is 0 Å². The van der Waals surface area contributed by atoms with Crippen LogP contribution in [0.15, 0.2) is 34.9 Å². The monoisotopic (exact) mass is 304 g/mol. The average Bonchev–Trinajstić information content (AvgIpc) is 3.05. The van der Waals surface area contributed by atoms with Gasteiger partial charge in [-0.05, 0) is 78.7 Å². The maximum absolute atomic E-state index is 10.4. The van der Waals surface area contributed by atoms with Crippen LogP contribution in [0.2, 0.25) is 0 Å². The van der Waals surface area contributed by atoms with Gasteiger partial charge < -0.3 is 9.84 Å². The van der Waals surface area contributed by atoms with Crippen molar-refractivity contribution in [2.24, 2.45) is 0 Å². The molecule has 0 spiro atoms. The Kier molecular flexibility index (Phi) is 5.34. The van der Waals surface area contributed by atoms with Crippen LogP contribution < -0.4 is 0 Å². The van der Waals surface area contributed by atoms with E-state index in [2.05, 4.69) is 39.0 Å². The van der Waals surface area contributed by atoms with Crippen molar-refractivity contribution in [2.75, 3.05) is 0 Å². The topological polar surface area (TPSA) is 32.8 Å². The number of rotatable bonds is 1. The maximum atomic E-state index is 10.4. The third-order valence-corrected chi connectivity index (χ3v) is 5.11. The molecular formula is C20H32O2. The third kappa shape index (κ3) is 4.82. The van der Waals surface area contributed by atoms with Gasteiger partial charge in [-0.3, -0.25) is 0 Å². The van der Waals surface area contributed by atoms with E-state index in [1.54, 1.807) is 0 Å². The van der Waals surface area contributed by atoms with Crippen molar-refractivity contribution in [1.82, 2.24) is 0 Å². The molecule has 1 N–H and O–H groups in total. The van der Waals surface area contributed by atoms with Gasteiger partial charge in [-0.2, -0.15) is 0 Å². The molecule has 0 amide bonds. The van der Waals surface area contributed by atoms with Crippen LogP contribution in [0.1, 0.15) is 73.1 Å². The van der Waals surface area contributed by atoms with Crippen LogP contribution >= 0.6 is 0 Å². The van der Waals surface area contributed by atoms with Gasteiger partial charge in [0.05, 0.1) is 17.3 Å². The van der Waals surface area contributed by atoms with E-state index in [1.807, 2.05) is 13.8 Å². The molecule has 0 aromatic heterocycles. The summed E-state index contributed by atoms with van der Waals surface area (Å²) in [6, 6.07) is 0. The molecule has 2 nitrogen and oxygen atoms in total. The van der Waals surface area contributed by atoms with E-state index < -0.39 is 5.60 Å². The number of aliphatic hydroxyl groups is 1. The van der Waals surface area contributed by atoms with Crippen molar-refractivity contribution in [2.45, 2.75) is 90.4 Å². The van der Waals surface area contributed by atoms with Crippen molar-refractivity contribution >= 4 is 0 Å². The van der Waals surface area contributed by atoms with Crippen molar-refractivity contribution in [1.29, 1.82) is 0 Å². The highest BCUT2D eigenvalue weighted by molar-refractivity contribution is 5.24. The highest BCUT2D eigenvalue weighted by Crippen LogP contribution is 2.44. The van der Waals surface area contributed by atoms with Gasteiger partial charge in [0.2, 0.25) is 0 Å². The van der Waals surface area contributed by atoms with Crippen molar-refractivity contribution < 1.29 is 9.84 Å². The Morgan fingerprint density at radius 1 is 1.14 bits per heavy atom. The molecule has 0 unspecified atom stereocenters. The predicted octanol–water partition coefficient (Wildman–Crippen LogP) is 5.09. The number of ether oxygens (including phenoxy) is 1. The molecule has 1 aliphatic heterocycles. The summed E-state index contributed by atoms with van der Waals surface area (Å²) in [5.41, 5.74) is 3.20. The molecule has 0 aromatic rings. The SMILES string of the molecule is C/C1=C\C=C(\C(C)(C)O)CC[C@@]2(C)O[C@@H]2CC/C(C)=C/CC1. The molecule has 22 heavy (non-hydrogen) atoms. The summed E-state index contributed by atoms with van der Waals surface area (Å²) >= 11 is 0. The lowest BCUT2D eigenvalue weighted by Gasteiger charge is -2.22. The molecule has 0 radical (unpaired) electrons. The first-order valence-corrected chi connectivity index (χ1v) is 8.63. The Balaban J connectivity index is 2.18. The Hall–Kier alpha value is -0.860. The summed E-state index contributed by atoms with van der Waals surface area (Å²) in [4.78, 5) is 0. The van der Waals surface area contributed by atoms with Gasteiger partial charge in [0.15, 0.2) is 0 Å². The van der Waals surface area contributed by atoms with Crippen LogP contribution in [-0.2, 0) is 4.74 Å². The van der Waals surface area contributed by atoms with Gasteiger partial charge in [0.25, 0.3) is 0 Å². The van der Waals surface area contributed by atoms with Crippen LogP contribution in [-0.4, -0.2) is 22.4 Å². The van der Waals surface area contributed by atoms with Gasteiger partial charge in [-0.1, -0.05) is 29.4 Å². The summed E-state index contributed by atoms with van der Waals surface area (Å²) in [6.45, 7) is 10.4. The van der Waals surface area contributed by atoms with Crippen LogP contribution in [0.4, 0.5) is 0 Å². The van der Waals surface area contributed by atoms with Crippen molar-refractivity contribution in [3.8, 4) is 0 Å². The normalized spacial score (nSPS) is 38.5. The minimum atomic E-state index is -0.759. The van der Waals surface area contributed by atoms with Gasteiger partial charge in [-0.25, -0.2) is 0 Å². The fourth-order valence-electron chi connectivity index (χ4n) is 3.18. The molecular weight excluding hydrogens is 272 g/mol. The highest BCUT2D eigenvalue weighted by atomic mass is 16.6. The summed E-state index contributed by atoms with van der Waals surface area (Å²) in [5.74, 6) is 0. The molecule has 2 heteroatoms. The number of epoxide rings is 1. The molecule has 0 saturated carbocycles. The molecule has 1 aliphatic carbocycles. The van der Waals surface area contributed by atoms with E-state index in [4.69, 9.17) is 4.74 Å². The highest BCUT2D eigenvalue weighted by Gasteiger charge is 2.51.